The van der Waals surface area contributed by atoms with Gasteiger partial charge in [-0.1, -0.05) is 6.07 Å². The number of rotatable bonds is 3. The van der Waals surface area contributed by atoms with Crippen molar-refractivity contribution in [2.45, 2.75) is 32.1 Å². The molecule has 26 heavy (non-hydrogen) atoms. The molecule has 2 N–H and O–H groups in total. The highest BCUT2D eigenvalue weighted by Crippen LogP contribution is 2.43. The van der Waals surface area contributed by atoms with Crippen molar-refractivity contribution in [3.05, 3.63) is 69.5 Å². The van der Waals surface area contributed by atoms with E-state index in [1.54, 1.807) is 35.9 Å². The summed E-state index contributed by atoms with van der Waals surface area (Å²) in [5.74, 6) is -0.377. The van der Waals surface area contributed by atoms with E-state index >= 15 is 0 Å². The predicted octanol–water partition coefficient (Wildman–Crippen LogP) is 3.75. The summed E-state index contributed by atoms with van der Waals surface area (Å²) in [6, 6.07) is 7.53. The number of thiophene rings is 1. The smallest absolute Gasteiger partial charge is 0.254 e. The molecule has 0 aromatic carbocycles. The van der Waals surface area contributed by atoms with E-state index < -0.39 is 0 Å². The number of amides is 1. The van der Waals surface area contributed by atoms with E-state index in [-0.39, 0.29) is 17.6 Å². The SMILES string of the molecule is CC1=C(C(=O)Nc2cccnc2)[C@H](c2cccs2)C2=C(CCCC2=O)N1. The molecule has 0 saturated heterocycles. The lowest BCUT2D eigenvalue weighted by molar-refractivity contribution is -0.116. The molecule has 0 unspecified atom stereocenters. The molecule has 0 bridgehead atoms. The van der Waals surface area contributed by atoms with Gasteiger partial charge in [-0.25, -0.2) is 0 Å². The number of Topliss-reactive ketones (excluding diaryl/α,β-unsaturated/α-hetero) is 1. The summed E-state index contributed by atoms with van der Waals surface area (Å²) in [4.78, 5) is 30.9. The van der Waals surface area contributed by atoms with Crippen LogP contribution in [0.25, 0.3) is 0 Å². The molecule has 2 aromatic rings. The molecule has 0 spiro atoms. The molecular weight excluding hydrogens is 346 g/mol. The van der Waals surface area contributed by atoms with Gasteiger partial charge >= 0.3 is 0 Å². The highest BCUT2D eigenvalue weighted by molar-refractivity contribution is 7.10. The highest BCUT2D eigenvalue weighted by Gasteiger charge is 2.38. The van der Waals surface area contributed by atoms with Crippen molar-refractivity contribution in [1.82, 2.24) is 10.3 Å². The number of aromatic nitrogens is 1. The van der Waals surface area contributed by atoms with Gasteiger partial charge in [0.05, 0.1) is 17.8 Å². The number of carbonyl (C=O) groups is 2. The number of ketones is 1. The van der Waals surface area contributed by atoms with Gasteiger partial charge in [-0.15, -0.1) is 11.3 Å². The van der Waals surface area contributed by atoms with Crippen LogP contribution in [0.15, 0.2) is 64.6 Å². The van der Waals surface area contributed by atoms with Crippen LogP contribution in [0.5, 0.6) is 0 Å². The van der Waals surface area contributed by atoms with Crippen molar-refractivity contribution in [3.63, 3.8) is 0 Å². The van der Waals surface area contributed by atoms with Crippen LogP contribution in [0.1, 0.15) is 37.0 Å². The Morgan fingerprint density at radius 3 is 2.92 bits per heavy atom. The highest BCUT2D eigenvalue weighted by atomic mass is 32.1. The molecule has 1 aliphatic carbocycles. The Hall–Kier alpha value is -2.73. The van der Waals surface area contributed by atoms with Crippen molar-refractivity contribution in [3.8, 4) is 0 Å². The van der Waals surface area contributed by atoms with Crippen molar-refractivity contribution in [2.24, 2.45) is 0 Å². The lowest BCUT2D eigenvalue weighted by Gasteiger charge is -2.33. The van der Waals surface area contributed by atoms with Crippen LogP contribution in [0.2, 0.25) is 0 Å². The minimum atomic E-state index is -0.310. The molecule has 2 aromatic heterocycles. The fourth-order valence-electron chi connectivity index (χ4n) is 3.66. The van der Waals surface area contributed by atoms with E-state index in [9.17, 15) is 9.59 Å². The first-order valence-corrected chi connectivity index (χ1v) is 9.52. The van der Waals surface area contributed by atoms with Crippen LogP contribution in [0.3, 0.4) is 0 Å². The van der Waals surface area contributed by atoms with Crippen LogP contribution < -0.4 is 10.6 Å². The van der Waals surface area contributed by atoms with Crippen molar-refractivity contribution < 1.29 is 9.59 Å². The van der Waals surface area contributed by atoms with Gasteiger partial charge in [0.25, 0.3) is 5.91 Å². The third-order valence-electron chi connectivity index (χ3n) is 4.77. The van der Waals surface area contributed by atoms with Gasteiger partial charge in [-0.2, -0.15) is 0 Å². The Kier molecular flexibility index (Phi) is 4.42. The van der Waals surface area contributed by atoms with Crippen LogP contribution in [0, 0.1) is 0 Å². The Bertz CT molecular complexity index is 914. The lowest BCUT2D eigenvalue weighted by atomic mass is 9.77. The maximum Gasteiger partial charge on any atom is 0.254 e. The van der Waals surface area contributed by atoms with Crippen LogP contribution in [-0.2, 0) is 9.59 Å². The van der Waals surface area contributed by atoms with Gasteiger partial charge in [0.2, 0.25) is 0 Å². The number of nitrogens with zero attached hydrogens (tertiary/aromatic N) is 1. The number of carbonyl (C=O) groups excluding carboxylic acids is 2. The summed E-state index contributed by atoms with van der Waals surface area (Å²) in [6.45, 7) is 1.90. The zero-order valence-corrected chi connectivity index (χ0v) is 15.2. The van der Waals surface area contributed by atoms with E-state index in [0.717, 1.165) is 34.7 Å². The van der Waals surface area contributed by atoms with Gasteiger partial charge in [-0.3, -0.25) is 14.6 Å². The maximum atomic E-state index is 13.1. The second kappa shape index (κ2) is 6.88. The summed E-state index contributed by atoms with van der Waals surface area (Å²) in [5, 5.41) is 8.22. The number of anilines is 1. The van der Waals surface area contributed by atoms with Gasteiger partial charge < -0.3 is 10.6 Å². The van der Waals surface area contributed by atoms with Crippen molar-refractivity contribution >= 4 is 28.7 Å². The predicted molar refractivity (Wildman–Crippen MR) is 102 cm³/mol. The molecule has 0 radical (unpaired) electrons. The zero-order chi connectivity index (χ0) is 18.1. The number of hydrogen-bond acceptors (Lipinski definition) is 5. The second-order valence-electron chi connectivity index (χ2n) is 6.48. The molecule has 1 aliphatic heterocycles. The summed E-state index contributed by atoms with van der Waals surface area (Å²) in [5.41, 5.74) is 3.76. The number of pyridine rings is 1. The summed E-state index contributed by atoms with van der Waals surface area (Å²) in [7, 11) is 0. The Morgan fingerprint density at radius 1 is 1.31 bits per heavy atom. The molecular formula is C20H19N3O2S. The lowest BCUT2D eigenvalue weighted by Crippen LogP contribution is -2.35. The minimum Gasteiger partial charge on any atom is -0.362 e. The summed E-state index contributed by atoms with van der Waals surface area (Å²) >= 11 is 1.58. The maximum absolute atomic E-state index is 13.1. The third kappa shape index (κ3) is 2.97. The fourth-order valence-corrected chi connectivity index (χ4v) is 4.50. The standard InChI is InChI=1S/C20H19N3O2S/c1-12-17(20(25)23-13-5-3-9-21-11-13)19(16-8-4-10-26-16)18-14(22-12)6-2-7-15(18)24/h3-5,8-11,19,22H,2,6-7H2,1H3,(H,23,25)/t19-/m0/s1. The molecule has 0 saturated carbocycles. The molecule has 2 aliphatic rings. The summed E-state index contributed by atoms with van der Waals surface area (Å²) in [6.07, 6.45) is 5.51. The normalized spacial score (nSPS) is 19.9. The Balaban J connectivity index is 1.76. The number of allylic oxidation sites excluding steroid dienone is 3. The largest absolute Gasteiger partial charge is 0.362 e. The fraction of sp³-hybridized carbons (Fsp3) is 0.250. The molecule has 5 nitrogen and oxygen atoms in total. The van der Waals surface area contributed by atoms with Gasteiger partial charge in [0.15, 0.2) is 5.78 Å². The van der Waals surface area contributed by atoms with E-state index in [0.29, 0.717) is 17.7 Å². The topological polar surface area (TPSA) is 71.1 Å². The van der Waals surface area contributed by atoms with Gasteiger partial charge in [-0.05, 0) is 43.3 Å². The average Bonchev–Trinajstić information content (AvgIpc) is 3.16. The van der Waals surface area contributed by atoms with Crippen molar-refractivity contribution in [2.75, 3.05) is 5.32 Å². The number of dihydropyridines is 1. The quantitative estimate of drug-likeness (QED) is 0.869. The second-order valence-corrected chi connectivity index (χ2v) is 7.46. The summed E-state index contributed by atoms with van der Waals surface area (Å²) < 4.78 is 0. The van der Waals surface area contributed by atoms with E-state index in [4.69, 9.17) is 0 Å². The van der Waals surface area contributed by atoms with Crippen LogP contribution in [0.4, 0.5) is 5.69 Å². The first-order chi connectivity index (χ1) is 12.6. The third-order valence-corrected chi connectivity index (χ3v) is 5.70. The number of hydrogen-bond donors (Lipinski definition) is 2. The molecule has 1 atom stereocenters. The molecule has 132 valence electrons. The molecule has 3 heterocycles. The first kappa shape index (κ1) is 16.7. The van der Waals surface area contributed by atoms with Crippen molar-refractivity contribution in [1.29, 1.82) is 0 Å². The molecule has 6 heteroatoms. The Morgan fingerprint density at radius 2 is 2.19 bits per heavy atom. The molecule has 0 fully saturated rings. The van der Waals surface area contributed by atoms with E-state index in [2.05, 4.69) is 15.6 Å². The molecule has 1 amide bonds. The van der Waals surface area contributed by atoms with E-state index in [1.807, 2.05) is 24.4 Å². The van der Waals surface area contributed by atoms with Gasteiger partial charge in [0, 0.05) is 40.0 Å². The average molecular weight is 365 g/mol. The monoisotopic (exact) mass is 365 g/mol. The van der Waals surface area contributed by atoms with Crippen LogP contribution >= 0.6 is 11.3 Å². The van der Waals surface area contributed by atoms with Gasteiger partial charge in [0.1, 0.15) is 0 Å². The first-order valence-electron chi connectivity index (χ1n) is 8.64. The van der Waals surface area contributed by atoms with Crippen LogP contribution in [-0.4, -0.2) is 16.7 Å². The Labute approximate surface area is 155 Å². The minimum absolute atomic E-state index is 0.135. The molecule has 4 rings (SSSR count). The zero-order valence-electron chi connectivity index (χ0n) is 14.4. The van der Waals surface area contributed by atoms with E-state index in [1.165, 1.54) is 0 Å². The number of nitrogens with one attached hydrogen (secondary N) is 2.